The smallest absolute Gasteiger partial charge is 0.403 e. The molecule has 0 amide bonds. The molecule has 0 radical (unpaired) electrons. The van der Waals surface area contributed by atoms with Crippen molar-refractivity contribution in [1.82, 2.24) is 0 Å². The maximum atomic E-state index is 11.5. The highest BCUT2D eigenvalue weighted by Gasteiger charge is 2.36. The minimum Gasteiger partial charge on any atom is -0.617 e. The summed E-state index contributed by atoms with van der Waals surface area (Å²) in [7, 11) is 0. The number of aromatic nitrogens is 1. The third kappa shape index (κ3) is 2.26. The van der Waals surface area contributed by atoms with Gasteiger partial charge in [0.2, 0.25) is 0 Å². The molecule has 10 nitrogen and oxygen atoms in total. The maximum Gasteiger partial charge on any atom is 0.403 e. The van der Waals surface area contributed by atoms with E-state index < -0.39 is 51.1 Å². The number of hydrogen-bond acceptors (Lipinski definition) is 5. The number of aromatic carboxylic acids is 4. The molecule has 0 fully saturated rings. The third-order valence-corrected chi connectivity index (χ3v) is 2.07. The lowest BCUT2D eigenvalue weighted by Crippen LogP contribution is -2.44. The predicted molar refractivity (Wildman–Crippen MR) is 53.2 cm³/mol. The van der Waals surface area contributed by atoms with E-state index in [1.165, 1.54) is 0 Å². The molecule has 1 aromatic rings. The van der Waals surface area contributed by atoms with Crippen LogP contribution in [-0.4, -0.2) is 44.3 Å². The van der Waals surface area contributed by atoms with Gasteiger partial charge < -0.3 is 25.6 Å². The SMILES string of the molecule is O=C(O)c1cc(C(=O)O)c(C(=O)O)[n+]([O-])c1C(=O)O. The van der Waals surface area contributed by atoms with E-state index in [1.54, 1.807) is 0 Å². The number of carbonyl (C=O) groups is 4. The highest BCUT2D eigenvalue weighted by atomic mass is 16.5. The molecule has 0 atom stereocenters. The van der Waals surface area contributed by atoms with E-state index in [-0.39, 0.29) is 0 Å². The van der Waals surface area contributed by atoms with E-state index in [2.05, 4.69) is 0 Å². The van der Waals surface area contributed by atoms with Crippen LogP contribution in [0.2, 0.25) is 0 Å². The minimum atomic E-state index is -1.99. The standard InChI is InChI=1S/C9H5NO9/c11-6(12)2-1-3(7(13)14)5(9(17)18)10(19)4(2)8(15)16/h1H,(H,11,12)(H,13,14)(H,15,16)(H,17,18). The molecule has 0 bridgehead atoms. The summed E-state index contributed by atoms with van der Waals surface area (Å²) in [5, 5.41) is 46.4. The zero-order valence-electron chi connectivity index (χ0n) is 8.85. The topological polar surface area (TPSA) is 176 Å². The second kappa shape index (κ2) is 4.60. The van der Waals surface area contributed by atoms with E-state index in [9.17, 15) is 24.4 Å². The van der Waals surface area contributed by atoms with Gasteiger partial charge in [-0.3, -0.25) is 0 Å². The summed E-state index contributed by atoms with van der Waals surface area (Å²) >= 11 is 0. The van der Waals surface area contributed by atoms with Crippen LogP contribution in [-0.2, 0) is 0 Å². The van der Waals surface area contributed by atoms with Crippen molar-refractivity contribution < 1.29 is 44.3 Å². The van der Waals surface area contributed by atoms with Crippen molar-refractivity contribution in [3.05, 3.63) is 33.8 Å². The van der Waals surface area contributed by atoms with Crippen LogP contribution in [0.1, 0.15) is 41.7 Å². The monoisotopic (exact) mass is 271 g/mol. The molecule has 0 aliphatic carbocycles. The zero-order chi connectivity index (χ0) is 14.9. The number of hydrogen-bond donors (Lipinski definition) is 4. The fourth-order valence-corrected chi connectivity index (χ4v) is 1.34. The van der Waals surface area contributed by atoms with E-state index in [4.69, 9.17) is 20.4 Å². The molecule has 0 aliphatic rings. The van der Waals surface area contributed by atoms with Gasteiger partial charge in [0.05, 0.1) is 0 Å². The van der Waals surface area contributed by atoms with Crippen LogP contribution in [0.3, 0.4) is 0 Å². The van der Waals surface area contributed by atoms with Crippen LogP contribution in [0, 0.1) is 5.21 Å². The van der Waals surface area contributed by atoms with Crippen molar-refractivity contribution in [3.8, 4) is 0 Å². The highest BCUT2D eigenvalue weighted by Crippen LogP contribution is 2.13. The van der Waals surface area contributed by atoms with E-state index in [0.29, 0.717) is 6.07 Å². The lowest BCUT2D eigenvalue weighted by Gasteiger charge is -2.09. The van der Waals surface area contributed by atoms with E-state index in [0.717, 1.165) is 0 Å². The third-order valence-electron chi connectivity index (χ3n) is 2.07. The lowest BCUT2D eigenvalue weighted by molar-refractivity contribution is -0.611. The number of rotatable bonds is 4. The summed E-state index contributed by atoms with van der Waals surface area (Å²) in [6.45, 7) is 0. The van der Waals surface area contributed by atoms with Crippen LogP contribution >= 0.6 is 0 Å². The first-order chi connectivity index (χ1) is 8.68. The Balaban J connectivity index is 3.91. The van der Waals surface area contributed by atoms with Gasteiger partial charge in [0.15, 0.2) is 0 Å². The molecule has 0 aliphatic heterocycles. The number of nitrogens with zero attached hydrogens (tertiary/aromatic N) is 1. The number of carboxylic acid groups (broad SMARTS) is 4. The number of pyridine rings is 1. The first-order valence-corrected chi connectivity index (χ1v) is 4.42. The lowest BCUT2D eigenvalue weighted by atomic mass is 10.1. The second-order valence-corrected chi connectivity index (χ2v) is 3.18. The molecule has 0 spiro atoms. The largest absolute Gasteiger partial charge is 0.617 e. The second-order valence-electron chi connectivity index (χ2n) is 3.18. The van der Waals surface area contributed by atoms with Crippen LogP contribution < -0.4 is 4.73 Å². The Morgan fingerprint density at radius 1 is 0.789 bits per heavy atom. The summed E-state index contributed by atoms with van der Waals surface area (Å²) in [5.74, 6) is -7.73. The van der Waals surface area contributed by atoms with Crippen LogP contribution in [0.5, 0.6) is 0 Å². The molecule has 0 unspecified atom stereocenters. The molecule has 19 heavy (non-hydrogen) atoms. The first kappa shape index (κ1) is 13.9. The molecule has 0 aromatic carbocycles. The molecule has 0 saturated carbocycles. The Labute approximate surface area is 103 Å². The van der Waals surface area contributed by atoms with Gasteiger partial charge in [-0.1, -0.05) is 0 Å². The normalized spacial score (nSPS) is 9.89. The minimum absolute atomic E-state index is 0.311. The Bertz CT molecular complexity index is 568. The van der Waals surface area contributed by atoms with Crippen LogP contribution in [0.4, 0.5) is 0 Å². The molecule has 1 rings (SSSR count). The Morgan fingerprint density at radius 2 is 1.11 bits per heavy atom. The molecule has 0 saturated heterocycles. The van der Waals surface area contributed by atoms with Crippen LogP contribution in [0.15, 0.2) is 6.07 Å². The summed E-state index contributed by atoms with van der Waals surface area (Å²) in [6, 6.07) is 0.311. The average Bonchev–Trinajstić information content (AvgIpc) is 2.25. The summed E-state index contributed by atoms with van der Waals surface area (Å²) in [5.41, 5.74) is -5.00. The summed E-state index contributed by atoms with van der Waals surface area (Å²) < 4.78 is -0.739. The molecule has 100 valence electrons. The Kier molecular flexibility index (Phi) is 3.36. The van der Waals surface area contributed by atoms with Crippen LogP contribution in [0.25, 0.3) is 0 Å². The summed E-state index contributed by atoms with van der Waals surface area (Å²) in [6.07, 6.45) is 0. The molecule has 1 aromatic heterocycles. The van der Waals surface area contributed by atoms with Gasteiger partial charge in [0.1, 0.15) is 11.1 Å². The van der Waals surface area contributed by atoms with Gasteiger partial charge in [-0.25, -0.2) is 19.2 Å². The average molecular weight is 271 g/mol. The molecular formula is C9H5NO9. The van der Waals surface area contributed by atoms with Gasteiger partial charge >= 0.3 is 35.3 Å². The van der Waals surface area contributed by atoms with Crippen molar-refractivity contribution in [2.75, 3.05) is 0 Å². The van der Waals surface area contributed by atoms with Gasteiger partial charge in [-0.2, -0.15) is 4.73 Å². The summed E-state index contributed by atoms with van der Waals surface area (Å²) in [4.78, 5) is 43.1. The van der Waals surface area contributed by atoms with Gasteiger partial charge in [-0.05, 0) is 6.07 Å². The Morgan fingerprint density at radius 3 is 1.32 bits per heavy atom. The van der Waals surface area contributed by atoms with Gasteiger partial charge in [0.25, 0.3) is 0 Å². The zero-order valence-corrected chi connectivity index (χ0v) is 8.85. The van der Waals surface area contributed by atoms with E-state index >= 15 is 0 Å². The van der Waals surface area contributed by atoms with E-state index in [1.807, 2.05) is 0 Å². The van der Waals surface area contributed by atoms with Gasteiger partial charge in [0, 0.05) is 0 Å². The maximum absolute atomic E-state index is 11.5. The first-order valence-electron chi connectivity index (χ1n) is 4.42. The highest BCUT2D eigenvalue weighted by molar-refractivity contribution is 6.04. The van der Waals surface area contributed by atoms with Gasteiger partial charge in [-0.15, -0.1) is 0 Å². The predicted octanol–water partition coefficient (Wildman–Crippen LogP) is -0.887. The Hall–Kier alpha value is -3.17. The fourth-order valence-electron chi connectivity index (χ4n) is 1.34. The quantitative estimate of drug-likeness (QED) is 0.399. The van der Waals surface area contributed by atoms with Crippen molar-refractivity contribution in [2.24, 2.45) is 0 Å². The fraction of sp³-hybridized carbons (Fsp3) is 0. The number of carboxylic acids is 4. The molecule has 4 N–H and O–H groups in total. The molecule has 10 heteroatoms. The molecule has 1 heterocycles. The van der Waals surface area contributed by atoms with Crippen molar-refractivity contribution in [2.45, 2.75) is 0 Å². The van der Waals surface area contributed by atoms with Crippen molar-refractivity contribution in [3.63, 3.8) is 0 Å². The molecular weight excluding hydrogens is 266 g/mol. The van der Waals surface area contributed by atoms with Crippen molar-refractivity contribution >= 4 is 23.9 Å². The van der Waals surface area contributed by atoms with Crippen molar-refractivity contribution in [1.29, 1.82) is 0 Å².